The van der Waals surface area contributed by atoms with Crippen molar-refractivity contribution in [1.82, 2.24) is 20.5 Å². The average molecular weight is 364 g/mol. The second-order valence-electron chi connectivity index (χ2n) is 7.52. The van der Waals surface area contributed by atoms with Gasteiger partial charge in [-0.2, -0.15) is 5.10 Å². The summed E-state index contributed by atoms with van der Waals surface area (Å²) < 4.78 is 19.4. The van der Waals surface area contributed by atoms with Crippen LogP contribution >= 0.6 is 0 Å². The van der Waals surface area contributed by atoms with E-state index in [2.05, 4.69) is 21.6 Å². The number of benzene rings is 1. The van der Waals surface area contributed by atoms with Crippen molar-refractivity contribution in [3.8, 4) is 17.0 Å². The first kappa shape index (κ1) is 16.4. The van der Waals surface area contributed by atoms with Crippen LogP contribution in [0.4, 0.5) is 4.39 Å². The summed E-state index contributed by atoms with van der Waals surface area (Å²) in [5.41, 5.74) is 5.16. The van der Waals surface area contributed by atoms with E-state index in [1.165, 1.54) is 5.56 Å². The van der Waals surface area contributed by atoms with Gasteiger partial charge in [0.05, 0.1) is 19.0 Å². The summed E-state index contributed by atoms with van der Waals surface area (Å²) >= 11 is 0. The van der Waals surface area contributed by atoms with Crippen molar-refractivity contribution < 1.29 is 9.13 Å². The van der Waals surface area contributed by atoms with Gasteiger partial charge in [-0.15, -0.1) is 0 Å². The number of ether oxygens (including phenoxy) is 1. The van der Waals surface area contributed by atoms with Crippen LogP contribution in [0.2, 0.25) is 0 Å². The van der Waals surface area contributed by atoms with Gasteiger partial charge >= 0.3 is 0 Å². The Kier molecular flexibility index (Phi) is 3.75. The lowest BCUT2D eigenvalue weighted by atomic mass is 9.73. The smallest absolute Gasteiger partial charge is 0.221 e. The number of fused-ring (bicyclic) bond motifs is 1. The van der Waals surface area contributed by atoms with Crippen LogP contribution in [0.25, 0.3) is 11.1 Å². The Bertz CT molecular complexity index is 980. The Morgan fingerprint density at radius 2 is 2.19 bits per heavy atom. The number of H-pyrrole nitrogens is 1. The van der Waals surface area contributed by atoms with Crippen molar-refractivity contribution in [2.24, 2.45) is 5.41 Å². The third-order valence-electron chi connectivity index (χ3n) is 6.03. The zero-order valence-electron chi connectivity index (χ0n) is 15.1. The third-order valence-corrected chi connectivity index (χ3v) is 6.03. The molecule has 1 aliphatic heterocycles. The van der Waals surface area contributed by atoms with Gasteiger partial charge in [-0.3, -0.25) is 5.10 Å². The van der Waals surface area contributed by atoms with Crippen LogP contribution in [0, 0.1) is 11.2 Å². The molecule has 1 fully saturated rings. The molecule has 0 radical (unpaired) electrons. The first-order valence-corrected chi connectivity index (χ1v) is 9.23. The van der Waals surface area contributed by atoms with Gasteiger partial charge in [0, 0.05) is 35.2 Å². The Morgan fingerprint density at radius 1 is 1.26 bits per heavy atom. The summed E-state index contributed by atoms with van der Waals surface area (Å²) in [6.45, 7) is 1.90. The summed E-state index contributed by atoms with van der Waals surface area (Å²) in [5.74, 6) is 0.553. The van der Waals surface area contributed by atoms with E-state index in [-0.39, 0.29) is 17.2 Å². The van der Waals surface area contributed by atoms with Gasteiger partial charge in [-0.05, 0) is 54.8 Å². The van der Waals surface area contributed by atoms with Crippen LogP contribution in [0.1, 0.15) is 29.2 Å². The minimum absolute atomic E-state index is 0.0469. The van der Waals surface area contributed by atoms with E-state index in [1.54, 1.807) is 25.4 Å². The van der Waals surface area contributed by atoms with E-state index in [4.69, 9.17) is 9.72 Å². The van der Waals surface area contributed by atoms with Crippen LogP contribution in [0.15, 0.2) is 42.7 Å². The third kappa shape index (κ3) is 2.55. The number of methoxy groups -OCH3 is 1. The number of rotatable bonds is 3. The molecule has 2 atom stereocenters. The first-order chi connectivity index (χ1) is 13.2. The monoisotopic (exact) mass is 364 g/mol. The highest BCUT2D eigenvalue weighted by molar-refractivity contribution is 5.67. The molecule has 3 heterocycles. The maximum absolute atomic E-state index is 13.8. The number of aromatic nitrogens is 3. The van der Waals surface area contributed by atoms with Crippen LogP contribution in [-0.4, -0.2) is 35.4 Å². The minimum atomic E-state index is -0.170. The maximum atomic E-state index is 13.8. The molecule has 0 saturated carbocycles. The summed E-state index contributed by atoms with van der Waals surface area (Å²) in [7, 11) is 1.64. The summed E-state index contributed by atoms with van der Waals surface area (Å²) in [5, 5.41) is 10.3. The van der Waals surface area contributed by atoms with Crippen molar-refractivity contribution in [1.29, 1.82) is 0 Å². The largest absolute Gasteiger partial charge is 0.481 e. The topological polar surface area (TPSA) is 62.8 Å². The van der Waals surface area contributed by atoms with E-state index in [9.17, 15) is 4.39 Å². The molecule has 6 heteroatoms. The predicted molar refractivity (Wildman–Crippen MR) is 100 cm³/mol. The zero-order chi connectivity index (χ0) is 18.4. The zero-order valence-corrected chi connectivity index (χ0v) is 15.1. The predicted octanol–water partition coefficient (Wildman–Crippen LogP) is 3.29. The van der Waals surface area contributed by atoms with E-state index < -0.39 is 0 Å². The first-order valence-electron chi connectivity index (χ1n) is 9.23. The molecule has 0 bridgehead atoms. The van der Waals surface area contributed by atoms with Gasteiger partial charge in [-0.25, -0.2) is 9.37 Å². The molecular weight excluding hydrogens is 343 g/mol. The molecule has 1 saturated heterocycles. The van der Waals surface area contributed by atoms with E-state index in [1.807, 2.05) is 18.3 Å². The van der Waals surface area contributed by atoms with Gasteiger partial charge in [0.25, 0.3) is 0 Å². The molecule has 1 aromatic carbocycles. The lowest BCUT2D eigenvalue weighted by molar-refractivity contribution is 0.299. The van der Waals surface area contributed by atoms with Gasteiger partial charge in [0.2, 0.25) is 5.88 Å². The Morgan fingerprint density at radius 3 is 2.93 bits per heavy atom. The quantitative estimate of drug-likeness (QED) is 0.749. The average Bonchev–Trinajstić information content (AvgIpc) is 3.41. The molecule has 2 aromatic heterocycles. The highest BCUT2D eigenvalue weighted by Crippen LogP contribution is 2.54. The number of pyridine rings is 1. The molecule has 5 nitrogen and oxygen atoms in total. The van der Waals surface area contributed by atoms with Crippen LogP contribution < -0.4 is 10.1 Å². The number of hydrogen-bond acceptors (Lipinski definition) is 4. The SMILES string of the molecule is COc1nc(C2c3ccc(F)cc3CC23CCNC3)ccc1-c1cn[nH]c1. The van der Waals surface area contributed by atoms with E-state index in [0.717, 1.165) is 48.3 Å². The molecule has 2 N–H and O–H groups in total. The summed E-state index contributed by atoms with van der Waals surface area (Å²) in [4.78, 5) is 4.88. The molecule has 27 heavy (non-hydrogen) atoms. The maximum Gasteiger partial charge on any atom is 0.221 e. The second kappa shape index (κ2) is 6.16. The number of aromatic amines is 1. The van der Waals surface area contributed by atoms with Crippen molar-refractivity contribution >= 4 is 0 Å². The van der Waals surface area contributed by atoms with Crippen LogP contribution in [0.5, 0.6) is 5.88 Å². The molecule has 0 amide bonds. The number of nitrogens with one attached hydrogen (secondary N) is 2. The lowest BCUT2D eigenvalue weighted by Gasteiger charge is -2.31. The second-order valence-corrected chi connectivity index (χ2v) is 7.52. The fraction of sp³-hybridized carbons (Fsp3) is 0.333. The molecular formula is C21H21FN4O. The molecule has 1 aliphatic carbocycles. The number of nitrogens with zero attached hydrogens (tertiary/aromatic N) is 2. The fourth-order valence-corrected chi connectivity index (χ4v) is 4.84. The Balaban J connectivity index is 1.64. The van der Waals surface area contributed by atoms with Crippen LogP contribution in [0.3, 0.4) is 0 Å². The fourth-order valence-electron chi connectivity index (χ4n) is 4.84. The summed E-state index contributed by atoms with van der Waals surface area (Å²) in [6.07, 6.45) is 5.52. The minimum Gasteiger partial charge on any atom is -0.481 e. The van der Waals surface area contributed by atoms with Gasteiger partial charge in [-0.1, -0.05) is 6.07 Å². The number of hydrogen-bond donors (Lipinski definition) is 2. The van der Waals surface area contributed by atoms with Crippen molar-refractivity contribution in [2.45, 2.75) is 18.8 Å². The van der Waals surface area contributed by atoms with E-state index >= 15 is 0 Å². The Labute approximate surface area is 157 Å². The lowest BCUT2D eigenvalue weighted by Crippen LogP contribution is -2.30. The molecule has 2 aliphatic rings. The molecule has 1 spiro atoms. The molecule has 138 valence electrons. The standard InChI is InChI=1S/C21H21FN4O/c1-27-20-17(14-10-24-25-11-14)4-5-18(26-20)19-16-3-2-15(22)8-13(16)9-21(19)6-7-23-12-21/h2-5,8,10-11,19,23H,6-7,9,12H2,1H3,(H,24,25). The van der Waals surface area contributed by atoms with Crippen LogP contribution in [-0.2, 0) is 6.42 Å². The highest BCUT2D eigenvalue weighted by Gasteiger charge is 2.49. The number of halogens is 1. The molecule has 3 aromatic rings. The van der Waals surface area contributed by atoms with E-state index in [0.29, 0.717) is 5.88 Å². The summed E-state index contributed by atoms with van der Waals surface area (Å²) in [6, 6.07) is 9.30. The van der Waals surface area contributed by atoms with Crippen molar-refractivity contribution in [3.63, 3.8) is 0 Å². The molecule has 5 rings (SSSR count). The van der Waals surface area contributed by atoms with Crippen molar-refractivity contribution in [2.75, 3.05) is 20.2 Å². The van der Waals surface area contributed by atoms with Gasteiger partial charge in [0.15, 0.2) is 0 Å². The van der Waals surface area contributed by atoms with Crippen molar-refractivity contribution in [3.05, 3.63) is 65.4 Å². The normalized spacial score (nSPS) is 23.7. The van der Waals surface area contributed by atoms with Gasteiger partial charge < -0.3 is 10.1 Å². The van der Waals surface area contributed by atoms with Gasteiger partial charge in [0.1, 0.15) is 5.82 Å². The Hall–Kier alpha value is -2.73. The highest BCUT2D eigenvalue weighted by atomic mass is 19.1. The molecule has 2 unspecified atom stereocenters.